The minimum atomic E-state index is -0.0603. The van der Waals surface area contributed by atoms with Crippen LogP contribution >= 0.6 is 0 Å². The van der Waals surface area contributed by atoms with Gasteiger partial charge in [-0.1, -0.05) is 24.1 Å². The number of hydrogen-bond acceptors (Lipinski definition) is 3. The lowest BCUT2D eigenvalue weighted by molar-refractivity contribution is -0.115. The number of amides is 1. The first-order valence-corrected chi connectivity index (χ1v) is 5.65. The van der Waals surface area contributed by atoms with Gasteiger partial charge in [0.2, 0.25) is 5.91 Å². The maximum absolute atomic E-state index is 11.6. The van der Waals surface area contributed by atoms with Gasteiger partial charge in [0.15, 0.2) is 0 Å². The van der Waals surface area contributed by atoms with E-state index in [1.807, 2.05) is 29.2 Å². The van der Waals surface area contributed by atoms with Crippen LogP contribution < -0.4 is 10.2 Å². The number of carbonyl (C=O) groups excluding carboxylic acids is 1. The molecule has 1 aromatic heterocycles. The summed E-state index contributed by atoms with van der Waals surface area (Å²) in [6, 6.07) is 7.83. The van der Waals surface area contributed by atoms with E-state index in [1.54, 1.807) is 6.20 Å². The van der Waals surface area contributed by atoms with E-state index in [1.165, 1.54) is 0 Å². The molecule has 0 bridgehead atoms. The Kier molecular flexibility index (Phi) is 2.38. The van der Waals surface area contributed by atoms with Gasteiger partial charge in [-0.15, -0.1) is 6.42 Å². The Morgan fingerprint density at radius 1 is 1.44 bits per heavy atom. The molecule has 2 heterocycles. The lowest BCUT2D eigenvalue weighted by atomic mass is 10.1. The van der Waals surface area contributed by atoms with Crippen LogP contribution in [-0.4, -0.2) is 24.0 Å². The van der Waals surface area contributed by atoms with Crippen LogP contribution in [0.1, 0.15) is 0 Å². The minimum absolute atomic E-state index is 0.0603. The number of carbonyl (C=O) groups is 1. The van der Waals surface area contributed by atoms with Crippen molar-refractivity contribution in [2.45, 2.75) is 0 Å². The summed E-state index contributed by atoms with van der Waals surface area (Å²) >= 11 is 0. The molecule has 1 aromatic carbocycles. The molecule has 0 spiro atoms. The molecule has 0 aliphatic carbocycles. The van der Waals surface area contributed by atoms with Gasteiger partial charge in [-0.05, 0) is 6.07 Å². The highest BCUT2D eigenvalue weighted by molar-refractivity contribution is 6.08. The molecule has 4 nitrogen and oxygen atoms in total. The Hall–Kier alpha value is -2.54. The topological polar surface area (TPSA) is 45.2 Å². The lowest BCUT2D eigenvalue weighted by Crippen LogP contribution is -2.38. The fraction of sp³-hybridized carbons (Fsp3) is 0.143. The molecule has 88 valence electrons. The first kappa shape index (κ1) is 10.6. The zero-order chi connectivity index (χ0) is 12.5. The number of terminal acetylenes is 1. The first-order valence-electron chi connectivity index (χ1n) is 5.65. The van der Waals surface area contributed by atoms with Crippen LogP contribution in [0.4, 0.5) is 11.4 Å². The van der Waals surface area contributed by atoms with Crippen molar-refractivity contribution in [3.63, 3.8) is 0 Å². The zero-order valence-electron chi connectivity index (χ0n) is 9.68. The number of aromatic nitrogens is 1. The number of rotatable bonds is 1. The number of hydrogen-bond donors (Lipinski definition) is 1. The molecule has 0 unspecified atom stereocenters. The Morgan fingerprint density at radius 2 is 2.28 bits per heavy atom. The molecule has 2 aromatic rings. The van der Waals surface area contributed by atoms with Crippen LogP contribution in [0.25, 0.3) is 10.9 Å². The monoisotopic (exact) mass is 237 g/mol. The van der Waals surface area contributed by atoms with Crippen LogP contribution in [0.3, 0.4) is 0 Å². The van der Waals surface area contributed by atoms with Crippen LogP contribution in [0, 0.1) is 12.3 Å². The molecule has 18 heavy (non-hydrogen) atoms. The second-order valence-electron chi connectivity index (χ2n) is 4.15. The van der Waals surface area contributed by atoms with E-state index in [0.29, 0.717) is 6.54 Å². The standard InChI is InChI=1S/C14H11N3O/c1-2-7-17-9-13(18)16-12-8-15-11-6-4-3-5-10(11)14(12)17/h1,3-6,8H,7,9H2,(H,16,18). The van der Waals surface area contributed by atoms with Gasteiger partial charge in [-0.2, -0.15) is 0 Å². The molecule has 1 N–H and O–H groups in total. The van der Waals surface area contributed by atoms with E-state index in [4.69, 9.17) is 6.42 Å². The van der Waals surface area contributed by atoms with Gasteiger partial charge in [0, 0.05) is 5.39 Å². The van der Waals surface area contributed by atoms with Crippen molar-refractivity contribution in [3.8, 4) is 12.3 Å². The molecule has 1 aliphatic rings. The summed E-state index contributed by atoms with van der Waals surface area (Å²) < 4.78 is 0. The number of pyridine rings is 1. The number of nitrogens with zero attached hydrogens (tertiary/aromatic N) is 2. The van der Waals surface area contributed by atoms with Crippen molar-refractivity contribution in [1.29, 1.82) is 0 Å². The second kappa shape index (κ2) is 4.04. The highest BCUT2D eigenvalue weighted by Gasteiger charge is 2.23. The van der Waals surface area contributed by atoms with Gasteiger partial charge in [0.1, 0.15) is 0 Å². The predicted octanol–water partition coefficient (Wildman–Crippen LogP) is 1.63. The SMILES string of the molecule is C#CCN1CC(=O)Nc2cnc3ccccc3c21. The normalized spacial score (nSPS) is 13.9. The number of para-hydroxylation sites is 1. The van der Waals surface area contributed by atoms with Gasteiger partial charge in [0.25, 0.3) is 0 Å². The third-order valence-corrected chi connectivity index (χ3v) is 2.95. The number of fused-ring (bicyclic) bond motifs is 3. The van der Waals surface area contributed by atoms with Crippen molar-refractivity contribution < 1.29 is 4.79 Å². The fourth-order valence-corrected chi connectivity index (χ4v) is 2.25. The van der Waals surface area contributed by atoms with Crippen LogP contribution in [0.2, 0.25) is 0 Å². The molecule has 1 amide bonds. The first-order chi connectivity index (χ1) is 8.79. The molecule has 0 saturated heterocycles. The molecule has 0 saturated carbocycles. The Bertz CT molecular complexity index is 672. The van der Waals surface area contributed by atoms with E-state index in [0.717, 1.165) is 22.3 Å². The molecule has 4 heteroatoms. The minimum Gasteiger partial charge on any atom is -0.349 e. The van der Waals surface area contributed by atoms with Crippen LogP contribution in [0.15, 0.2) is 30.5 Å². The third kappa shape index (κ3) is 1.57. The summed E-state index contributed by atoms with van der Waals surface area (Å²) in [6.45, 7) is 0.694. The van der Waals surface area contributed by atoms with Crippen molar-refractivity contribution in [1.82, 2.24) is 4.98 Å². The van der Waals surface area contributed by atoms with Gasteiger partial charge in [-0.25, -0.2) is 0 Å². The summed E-state index contributed by atoms with van der Waals surface area (Å²) in [5.41, 5.74) is 2.58. The lowest BCUT2D eigenvalue weighted by Gasteiger charge is -2.30. The fourth-order valence-electron chi connectivity index (χ4n) is 2.25. The van der Waals surface area contributed by atoms with Crippen LogP contribution in [-0.2, 0) is 4.79 Å². The maximum atomic E-state index is 11.6. The third-order valence-electron chi connectivity index (χ3n) is 2.95. The Balaban J connectivity index is 2.26. The van der Waals surface area contributed by atoms with Gasteiger partial charge in [-0.3, -0.25) is 9.78 Å². The quantitative estimate of drug-likeness (QED) is 0.767. The maximum Gasteiger partial charge on any atom is 0.244 e. The largest absolute Gasteiger partial charge is 0.349 e. The summed E-state index contributed by atoms with van der Waals surface area (Å²) in [6.07, 6.45) is 7.05. The highest BCUT2D eigenvalue weighted by Crippen LogP contribution is 2.35. The van der Waals surface area contributed by atoms with Crippen LogP contribution in [0.5, 0.6) is 0 Å². The summed E-state index contributed by atoms with van der Waals surface area (Å²) in [7, 11) is 0. The van der Waals surface area contributed by atoms with Crippen molar-refractivity contribution in [2.75, 3.05) is 23.3 Å². The predicted molar refractivity (Wildman–Crippen MR) is 71.4 cm³/mol. The molecular weight excluding hydrogens is 226 g/mol. The summed E-state index contributed by atoms with van der Waals surface area (Å²) in [5, 5.41) is 3.83. The summed E-state index contributed by atoms with van der Waals surface area (Å²) in [5.74, 6) is 2.53. The average molecular weight is 237 g/mol. The highest BCUT2D eigenvalue weighted by atomic mass is 16.2. The van der Waals surface area contributed by atoms with Gasteiger partial charge < -0.3 is 10.2 Å². The van der Waals surface area contributed by atoms with Crippen molar-refractivity contribution in [2.24, 2.45) is 0 Å². The van der Waals surface area contributed by atoms with E-state index >= 15 is 0 Å². The molecule has 1 aliphatic heterocycles. The van der Waals surface area contributed by atoms with Crippen molar-refractivity contribution >= 4 is 28.2 Å². The van der Waals surface area contributed by atoms with Crippen molar-refractivity contribution in [3.05, 3.63) is 30.5 Å². The van der Waals surface area contributed by atoms with Gasteiger partial charge >= 0.3 is 0 Å². The number of anilines is 2. The Morgan fingerprint density at radius 3 is 3.11 bits per heavy atom. The molecule has 3 rings (SSSR count). The van der Waals surface area contributed by atoms with E-state index in [2.05, 4.69) is 16.2 Å². The van der Waals surface area contributed by atoms with Gasteiger partial charge in [0.05, 0.1) is 36.2 Å². The molecular formula is C14H11N3O. The van der Waals surface area contributed by atoms with E-state index in [-0.39, 0.29) is 12.5 Å². The summed E-state index contributed by atoms with van der Waals surface area (Å²) in [4.78, 5) is 17.8. The molecule has 0 fully saturated rings. The molecule has 0 atom stereocenters. The van der Waals surface area contributed by atoms with E-state index in [9.17, 15) is 4.79 Å². The number of benzene rings is 1. The van der Waals surface area contributed by atoms with E-state index < -0.39 is 0 Å². The Labute approximate surface area is 105 Å². The zero-order valence-corrected chi connectivity index (χ0v) is 9.68. The average Bonchev–Trinajstić information content (AvgIpc) is 2.38. The smallest absolute Gasteiger partial charge is 0.244 e. The number of nitrogens with one attached hydrogen (secondary N) is 1. The molecule has 0 radical (unpaired) electrons. The second-order valence-corrected chi connectivity index (χ2v) is 4.15.